The molecule has 0 aliphatic carbocycles. The molecule has 19 heavy (non-hydrogen) atoms. The molecule has 0 fully saturated rings. The zero-order valence-corrected chi connectivity index (χ0v) is 11.7. The Morgan fingerprint density at radius 2 is 1.95 bits per heavy atom. The Kier molecular flexibility index (Phi) is 4.38. The first-order valence-electron chi connectivity index (χ1n) is 6.95. The van der Waals surface area contributed by atoms with Crippen molar-refractivity contribution < 1.29 is 5.11 Å². The zero-order chi connectivity index (χ0) is 13.7. The predicted octanol–water partition coefficient (Wildman–Crippen LogP) is 3.33. The fraction of sp³-hybridized carbons (Fsp3) is 0.438. The molecular weight excluding hydrogens is 236 g/mol. The van der Waals surface area contributed by atoms with Gasteiger partial charge in [-0.1, -0.05) is 50.1 Å². The molecule has 0 spiro atoms. The Morgan fingerprint density at radius 1 is 1.21 bits per heavy atom. The van der Waals surface area contributed by atoms with Gasteiger partial charge in [0.1, 0.15) is 11.4 Å². The lowest BCUT2D eigenvalue weighted by atomic mass is 9.95. The maximum atomic E-state index is 10.8. The van der Waals surface area contributed by atoms with Crippen molar-refractivity contribution in [1.82, 2.24) is 9.55 Å². The Labute approximate surface area is 114 Å². The molecule has 102 valence electrons. The summed E-state index contributed by atoms with van der Waals surface area (Å²) in [4.78, 5) is 4.36. The fourth-order valence-corrected chi connectivity index (χ4v) is 2.34. The molecule has 0 amide bonds. The minimum atomic E-state index is -1.04. The molecule has 0 bridgehead atoms. The molecule has 2 rings (SSSR count). The van der Waals surface area contributed by atoms with E-state index in [-0.39, 0.29) is 0 Å². The van der Waals surface area contributed by atoms with E-state index in [0.717, 1.165) is 24.4 Å². The van der Waals surface area contributed by atoms with Crippen molar-refractivity contribution in [3.05, 3.63) is 54.1 Å². The van der Waals surface area contributed by atoms with E-state index in [1.165, 1.54) is 12.8 Å². The molecule has 1 aromatic heterocycles. The van der Waals surface area contributed by atoms with Crippen LogP contribution in [0.4, 0.5) is 0 Å². The Balaban J connectivity index is 2.23. The number of nitrogens with zero attached hydrogens (tertiary/aromatic N) is 2. The van der Waals surface area contributed by atoms with Crippen LogP contribution in [0.15, 0.2) is 42.7 Å². The molecule has 1 N–H and O–H groups in total. The topological polar surface area (TPSA) is 38.0 Å². The van der Waals surface area contributed by atoms with Crippen LogP contribution in [-0.2, 0) is 12.1 Å². The molecular formula is C16H22N2O. The highest BCUT2D eigenvalue weighted by Gasteiger charge is 2.29. The largest absolute Gasteiger partial charge is 0.377 e. The summed E-state index contributed by atoms with van der Waals surface area (Å²) in [7, 11) is 0. The van der Waals surface area contributed by atoms with E-state index in [9.17, 15) is 5.11 Å². The van der Waals surface area contributed by atoms with E-state index in [0.29, 0.717) is 0 Å². The molecule has 0 saturated carbocycles. The molecule has 1 aromatic carbocycles. The molecule has 3 nitrogen and oxygen atoms in total. The van der Waals surface area contributed by atoms with Crippen LogP contribution in [0.25, 0.3) is 0 Å². The fourth-order valence-electron chi connectivity index (χ4n) is 2.34. The van der Waals surface area contributed by atoms with Gasteiger partial charge in [-0.2, -0.15) is 0 Å². The van der Waals surface area contributed by atoms with E-state index in [2.05, 4.69) is 16.5 Å². The highest BCUT2D eigenvalue weighted by Crippen LogP contribution is 2.27. The first kappa shape index (κ1) is 13.8. The third-order valence-corrected chi connectivity index (χ3v) is 3.49. The summed E-state index contributed by atoms with van der Waals surface area (Å²) >= 11 is 0. The van der Waals surface area contributed by atoms with Gasteiger partial charge in [-0.05, 0) is 18.9 Å². The number of benzene rings is 1. The summed E-state index contributed by atoms with van der Waals surface area (Å²) in [6, 6.07) is 9.70. The quantitative estimate of drug-likeness (QED) is 0.807. The van der Waals surface area contributed by atoms with Gasteiger partial charge in [-0.3, -0.25) is 0 Å². The summed E-state index contributed by atoms with van der Waals surface area (Å²) in [5.41, 5.74) is -0.172. The second-order valence-electron chi connectivity index (χ2n) is 5.09. The lowest BCUT2D eigenvalue weighted by molar-refractivity contribution is 0.0878. The van der Waals surface area contributed by atoms with Crippen molar-refractivity contribution in [2.45, 2.75) is 45.3 Å². The van der Waals surface area contributed by atoms with Gasteiger partial charge < -0.3 is 9.67 Å². The van der Waals surface area contributed by atoms with Crippen LogP contribution in [-0.4, -0.2) is 14.7 Å². The SMILES string of the molecule is CCCCCn1ccnc1C(C)(O)c1ccccc1. The van der Waals surface area contributed by atoms with Crippen molar-refractivity contribution in [2.24, 2.45) is 0 Å². The van der Waals surface area contributed by atoms with E-state index in [1.807, 2.05) is 36.5 Å². The molecule has 1 unspecified atom stereocenters. The van der Waals surface area contributed by atoms with Gasteiger partial charge in [0.2, 0.25) is 0 Å². The number of rotatable bonds is 6. The average Bonchev–Trinajstić information content (AvgIpc) is 2.89. The second-order valence-corrected chi connectivity index (χ2v) is 5.09. The molecule has 0 saturated heterocycles. The first-order chi connectivity index (χ1) is 9.16. The number of aromatic nitrogens is 2. The number of hydrogen-bond acceptors (Lipinski definition) is 2. The van der Waals surface area contributed by atoms with E-state index >= 15 is 0 Å². The van der Waals surface area contributed by atoms with Crippen LogP contribution in [0.1, 0.15) is 44.5 Å². The standard InChI is InChI=1S/C16H22N2O/c1-3-4-8-12-18-13-11-17-15(18)16(2,19)14-9-6-5-7-10-14/h5-7,9-11,13,19H,3-4,8,12H2,1-2H3. The smallest absolute Gasteiger partial charge is 0.145 e. The van der Waals surface area contributed by atoms with Gasteiger partial charge in [0.15, 0.2) is 0 Å². The van der Waals surface area contributed by atoms with Crippen LogP contribution in [0.3, 0.4) is 0 Å². The summed E-state index contributed by atoms with van der Waals surface area (Å²) in [6.07, 6.45) is 7.22. The third-order valence-electron chi connectivity index (χ3n) is 3.49. The van der Waals surface area contributed by atoms with Gasteiger partial charge in [0.25, 0.3) is 0 Å². The summed E-state index contributed by atoms with van der Waals surface area (Å²) in [5.74, 6) is 0.717. The summed E-state index contributed by atoms with van der Waals surface area (Å²) < 4.78 is 2.06. The van der Waals surface area contributed by atoms with Crippen molar-refractivity contribution in [2.75, 3.05) is 0 Å². The predicted molar refractivity (Wildman–Crippen MR) is 76.9 cm³/mol. The molecule has 0 aliphatic rings. The van der Waals surface area contributed by atoms with Gasteiger partial charge in [-0.25, -0.2) is 4.98 Å². The van der Waals surface area contributed by atoms with Gasteiger partial charge in [0, 0.05) is 18.9 Å². The lowest BCUT2D eigenvalue weighted by Crippen LogP contribution is -2.27. The van der Waals surface area contributed by atoms with Gasteiger partial charge in [-0.15, -0.1) is 0 Å². The highest BCUT2D eigenvalue weighted by molar-refractivity contribution is 5.28. The van der Waals surface area contributed by atoms with Gasteiger partial charge in [0.05, 0.1) is 0 Å². The Bertz CT molecular complexity index is 502. The zero-order valence-electron chi connectivity index (χ0n) is 11.7. The Hall–Kier alpha value is -1.61. The second kappa shape index (κ2) is 6.02. The van der Waals surface area contributed by atoms with Crippen molar-refractivity contribution >= 4 is 0 Å². The summed E-state index contributed by atoms with van der Waals surface area (Å²) in [5, 5.41) is 10.8. The van der Waals surface area contributed by atoms with Crippen LogP contribution in [0.2, 0.25) is 0 Å². The number of imidazole rings is 1. The number of aryl methyl sites for hydroxylation is 1. The molecule has 0 radical (unpaired) electrons. The number of aliphatic hydroxyl groups is 1. The summed E-state index contributed by atoms with van der Waals surface area (Å²) in [6.45, 7) is 4.90. The van der Waals surface area contributed by atoms with Gasteiger partial charge >= 0.3 is 0 Å². The lowest BCUT2D eigenvalue weighted by Gasteiger charge is -2.24. The number of hydrogen-bond donors (Lipinski definition) is 1. The van der Waals surface area contributed by atoms with Crippen LogP contribution >= 0.6 is 0 Å². The van der Waals surface area contributed by atoms with Crippen molar-refractivity contribution in [3.63, 3.8) is 0 Å². The minimum Gasteiger partial charge on any atom is -0.377 e. The van der Waals surface area contributed by atoms with E-state index in [4.69, 9.17) is 0 Å². The highest BCUT2D eigenvalue weighted by atomic mass is 16.3. The molecule has 1 atom stereocenters. The molecule has 2 aromatic rings. The molecule has 1 heterocycles. The third kappa shape index (κ3) is 3.04. The molecule has 0 aliphatic heterocycles. The normalized spacial score (nSPS) is 14.3. The Morgan fingerprint density at radius 3 is 2.63 bits per heavy atom. The maximum Gasteiger partial charge on any atom is 0.145 e. The number of unbranched alkanes of at least 4 members (excludes halogenated alkanes) is 2. The minimum absolute atomic E-state index is 0.717. The average molecular weight is 258 g/mol. The van der Waals surface area contributed by atoms with Crippen LogP contribution < -0.4 is 0 Å². The van der Waals surface area contributed by atoms with E-state index < -0.39 is 5.60 Å². The molecule has 3 heteroatoms. The van der Waals surface area contributed by atoms with E-state index in [1.54, 1.807) is 13.1 Å². The van der Waals surface area contributed by atoms with Crippen LogP contribution in [0, 0.1) is 0 Å². The van der Waals surface area contributed by atoms with Crippen molar-refractivity contribution in [3.8, 4) is 0 Å². The maximum absolute atomic E-state index is 10.8. The monoisotopic (exact) mass is 258 g/mol. The van der Waals surface area contributed by atoms with Crippen LogP contribution in [0.5, 0.6) is 0 Å². The first-order valence-corrected chi connectivity index (χ1v) is 6.95. The van der Waals surface area contributed by atoms with Crippen molar-refractivity contribution in [1.29, 1.82) is 0 Å².